The molecule has 1 aromatic heterocycles. The summed E-state index contributed by atoms with van der Waals surface area (Å²) in [6, 6.07) is 7.74. The van der Waals surface area contributed by atoms with Gasteiger partial charge in [-0.25, -0.2) is 0 Å². The topological polar surface area (TPSA) is 102 Å². The fourth-order valence-electron chi connectivity index (χ4n) is 5.90. The number of methoxy groups -OCH3 is 2. The molecule has 0 spiro atoms. The van der Waals surface area contributed by atoms with Gasteiger partial charge in [-0.05, 0) is 67.7 Å². The smallest absolute Gasteiger partial charge is 0.266 e. The lowest BCUT2D eigenvalue weighted by Gasteiger charge is -2.30. The first-order valence-corrected chi connectivity index (χ1v) is 14.6. The summed E-state index contributed by atoms with van der Waals surface area (Å²) in [6.07, 6.45) is 6.93. The lowest BCUT2D eigenvalue weighted by Crippen LogP contribution is -2.41. The number of amides is 1. The molecule has 5 rings (SSSR count). The summed E-state index contributed by atoms with van der Waals surface area (Å²) in [5, 5.41) is 18.5. The van der Waals surface area contributed by atoms with Crippen molar-refractivity contribution < 1.29 is 33.6 Å². The highest BCUT2D eigenvalue weighted by Crippen LogP contribution is 2.49. The van der Waals surface area contributed by atoms with Gasteiger partial charge in [0.1, 0.15) is 33.4 Å². The van der Waals surface area contributed by atoms with Crippen LogP contribution in [0.2, 0.25) is 0 Å². The molecule has 1 aliphatic heterocycles. The minimum absolute atomic E-state index is 0.0316. The van der Waals surface area contributed by atoms with E-state index in [4.69, 9.17) is 36.0 Å². The molecule has 210 valence electrons. The van der Waals surface area contributed by atoms with Crippen LogP contribution in [0.5, 0.6) is 11.5 Å². The second kappa shape index (κ2) is 12.4. The highest BCUT2D eigenvalue weighted by Gasteiger charge is 2.48. The third-order valence-electron chi connectivity index (χ3n) is 7.85. The van der Waals surface area contributed by atoms with Crippen molar-refractivity contribution in [3.8, 4) is 22.8 Å². The third kappa shape index (κ3) is 6.20. The molecule has 8 nitrogen and oxygen atoms in total. The molecular formula is C29H35NO7S2. The summed E-state index contributed by atoms with van der Waals surface area (Å²) in [5.74, 6) is 3.77. The molecule has 1 saturated heterocycles. The van der Waals surface area contributed by atoms with Gasteiger partial charge in [0.15, 0.2) is 0 Å². The van der Waals surface area contributed by atoms with Gasteiger partial charge in [-0.15, -0.1) is 0 Å². The zero-order valence-electron chi connectivity index (χ0n) is 22.3. The molecule has 2 bridgehead atoms. The Kier molecular flexibility index (Phi) is 8.98. The Bertz CT molecular complexity index is 1220. The zero-order valence-corrected chi connectivity index (χ0v) is 23.9. The standard InChI is InChI=1S/C29H35NO7S2/c1-34-22-10-20(11-23(13-22)35-2)25-12-19(4-3-7-36-16-21(32)15-31)26(37-25)14-27-28(33)30(29(38)39-27)24-9-17-5-6-18(24)8-17/h10-14,17-18,21,24,31-32H,3-9,15-16H2,1-2H3/t17?,18?,21-,24?/m0/s1. The number of carbonyl (C=O) groups excluding carboxylic acids is 1. The van der Waals surface area contributed by atoms with Crippen LogP contribution < -0.4 is 9.47 Å². The molecule has 2 saturated carbocycles. The number of furan rings is 1. The molecule has 3 unspecified atom stereocenters. The van der Waals surface area contributed by atoms with Gasteiger partial charge >= 0.3 is 0 Å². The number of benzene rings is 1. The number of rotatable bonds is 12. The van der Waals surface area contributed by atoms with Crippen molar-refractivity contribution in [3.05, 3.63) is 40.5 Å². The van der Waals surface area contributed by atoms with Crippen LogP contribution in [-0.4, -0.2) is 71.5 Å². The summed E-state index contributed by atoms with van der Waals surface area (Å²) in [7, 11) is 3.20. The first-order chi connectivity index (χ1) is 18.9. The van der Waals surface area contributed by atoms with Crippen LogP contribution in [0, 0.1) is 11.8 Å². The average Bonchev–Trinajstić information content (AvgIpc) is 3.73. The van der Waals surface area contributed by atoms with Gasteiger partial charge in [0.05, 0.1) is 32.3 Å². The molecule has 1 aromatic carbocycles. The van der Waals surface area contributed by atoms with E-state index in [9.17, 15) is 9.90 Å². The van der Waals surface area contributed by atoms with Gasteiger partial charge in [-0.1, -0.05) is 30.4 Å². The van der Waals surface area contributed by atoms with Crippen LogP contribution in [0.1, 0.15) is 43.4 Å². The van der Waals surface area contributed by atoms with E-state index in [1.807, 2.05) is 29.2 Å². The van der Waals surface area contributed by atoms with Crippen LogP contribution >= 0.6 is 24.0 Å². The molecule has 2 heterocycles. The fourth-order valence-corrected chi connectivity index (χ4v) is 7.25. The number of thioether (sulfide) groups is 1. The molecule has 1 amide bonds. The maximum atomic E-state index is 13.5. The number of thiocarbonyl (C=S) groups is 1. The maximum Gasteiger partial charge on any atom is 0.266 e. The Morgan fingerprint density at radius 3 is 2.59 bits per heavy atom. The van der Waals surface area contributed by atoms with Crippen LogP contribution in [0.3, 0.4) is 0 Å². The van der Waals surface area contributed by atoms with Crippen molar-refractivity contribution in [2.45, 2.75) is 50.7 Å². The van der Waals surface area contributed by atoms with Gasteiger partial charge in [0, 0.05) is 30.4 Å². The first kappa shape index (κ1) is 28.2. The highest BCUT2D eigenvalue weighted by molar-refractivity contribution is 8.26. The van der Waals surface area contributed by atoms with Crippen molar-refractivity contribution in [2.75, 3.05) is 34.0 Å². The van der Waals surface area contributed by atoms with E-state index in [0.29, 0.717) is 63.5 Å². The van der Waals surface area contributed by atoms with Crippen LogP contribution in [0.25, 0.3) is 17.4 Å². The van der Waals surface area contributed by atoms with Crippen molar-refractivity contribution in [3.63, 3.8) is 0 Å². The van der Waals surface area contributed by atoms with Gasteiger partial charge < -0.3 is 28.8 Å². The average molecular weight is 574 g/mol. The molecule has 2 aliphatic carbocycles. The normalized spacial score (nSPS) is 24.3. The maximum absolute atomic E-state index is 13.5. The quantitative estimate of drug-likeness (QED) is 0.213. The monoisotopic (exact) mass is 573 g/mol. The number of aliphatic hydroxyl groups is 2. The Morgan fingerprint density at radius 1 is 1.18 bits per heavy atom. The van der Waals surface area contributed by atoms with E-state index in [-0.39, 0.29) is 25.2 Å². The number of nitrogens with zero attached hydrogens (tertiary/aromatic N) is 1. The van der Waals surface area contributed by atoms with Crippen LogP contribution in [0.15, 0.2) is 33.6 Å². The highest BCUT2D eigenvalue weighted by atomic mass is 32.2. The van der Waals surface area contributed by atoms with E-state index in [1.54, 1.807) is 20.3 Å². The number of hydrogen-bond acceptors (Lipinski definition) is 9. The minimum atomic E-state index is -0.888. The molecule has 3 fully saturated rings. The number of fused-ring (bicyclic) bond motifs is 2. The Hall–Kier alpha value is -2.37. The van der Waals surface area contributed by atoms with Crippen molar-refractivity contribution in [1.82, 2.24) is 4.90 Å². The Balaban J connectivity index is 1.40. The summed E-state index contributed by atoms with van der Waals surface area (Å²) < 4.78 is 23.3. The second-order valence-electron chi connectivity index (χ2n) is 10.4. The van der Waals surface area contributed by atoms with E-state index in [1.165, 1.54) is 31.0 Å². The summed E-state index contributed by atoms with van der Waals surface area (Å²) in [4.78, 5) is 16.0. The van der Waals surface area contributed by atoms with Crippen molar-refractivity contribution in [1.29, 1.82) is 0 Å². The number of ether oxygens (including phenoxy) is 3. The number of aliphatic hydroxyl groups excluding tert-OH is 2. The van der Waals surface area contributed by atoms with E-state index in [2.05, 4.69) is 0 Å². The van der Waals surface area contributed by atoms with Gasteiger partial charge in [0.2, 0.25) is 0 Å². The van der Waals surface area contributed by atoms with Crippen LogP contribution in [-0.2, 0) is 16.0 Å². The molecule has 3 aliphatic rings. The number of aryl methyl sites for hydroxylation is 1. The van der Waals surface area contributed by atoms with Crippen molar-refractivity contribution >= 4 is 40.3 Å². The van der Waals surface area contributed by atoms with Crippen molar-refractivity contribution in [2.24, 2.45) is 11.8 Å². The van der Waals surface area contributed by atoms with E-state index < -0.39 is 6.10 Å². The number of hydrogen-bond donors (Lipinski definition) is 2. The molecular weight excluding hydrogens is 538 g/mol. The van der Waals surface area contributed by atoms with Gasteiger partial charge in [0.25, 0.3) is 5.91 Å². The van der Waals surface area contributed by atoms with E-state index in [0.717, 1.165) is 17.5 Å². The SMILES string of the molecule is COc1cc(OC)cc(-c2cc(CCCOC[C@@H](O)CO)c(C=C3SC(=S)N(C4CC5CCC4C5)C3=O)o2)c1. The summed E-state index contributed by atoms with van der Waals surface area (Å²) in [5.41, 5.74) is 1.73. The zero-order chi connectivity index (χ0) is 27.5. The molecule has 0 radical (unpaired) electrons. The third-order valence-corrected chi connectivity index (χ3v) is 9.18. The summed E-state index contributed by atoms with van der Waals surface area (Å²) in [6.45, 7) is 0.158. The Morgan fingerprint density at radius 2 is 1.95 bits per heavy atom. The van der Waals surface area contributed by atoms with Crippen LogP contribution in [0.4, 0.5) is 0 Å². The Labute approximate surface area is 238 Å². The first-order valence-electron chi connectivity index (χ1n) is 13.4. The van der Waals surface area contributed by atoms with Gasteiger partial charge in [-0.3, -0.25) is 9.69 Å². The molecule has 10 heteroatoms. The van der Waals surface area contributed by atoms with Gasteiger partial charge in [-0.2, -0.15) is 0 Å². The predicted molar refractivity (Wildman–Crippen MR) is 154 cm³/mol. The number of carbonyl (C=O) groups is 1. The predicted octanol–water partition coefficient (Wildman–Crippen LogP) is 4.66. The lowest BCUT2D eigenvalue weighted by molar-refractivity contribution is -0.124. The fraction of sp³-hybridized carbons (Fsp3) is 0.517. The van der Waals surface area contributed by atoms with E-state index >= 15 is 0 Å². The molecule has 2 N–H and O–H groups in total. The molecule has 2 aromatic rings. The lowest BCUT2D eigenvalue weighted by atomic mass is 9.94. The largest absolute Gasteiger partial charge is 0.497 e. The summed E-state index contributed by atoms with van der Waals surface area (Å²) >= 11 is 7.02. The minimum Gasteiger partial charge on any atom is -0.497 e. The molecule has 4 atom stereocenters. The second-order valence-corrected chi connectivity index (χ2v) is 12.1. The molecule has 39 heavy (non-hydrogen) atoms.